The molecule has 0 radical (unpaired) electrons. The van der Waals surface area contributed by atoms with Crippen LogP contribution in [0.3, 0.4) is 0 Å². The van der Waals surface area contributed by atoms with Gasteiger partial charge in [0.2, 0.25) is 0 Å². The van der Waals surface area contributed by atoms with E-state index in [1.165, 1.54) is 61.8 Å². The number of aliphatic hydroxyl groups excluding tert-OH is 1. The smallest absolute Gasteiger partial charge is 0.407 e. The minimum Gasteiger partial charge on any atom is -0.465 e. The number of allylic oxidation sites excluding steroid dienone is 1. The first-order valence-corrected chi connectivity index (χ1v) is 14.4. The fraction of sp³-hybridized carbons (Fsp3) is 0.900. The van der Waals surface area contributed by atoms with Crippen molar-refractivity contribution in [1.82, 2.24) is 4.90 Å². The van der Waals surface area contributed by atoms with E-state index in [1.54, 1.807) is 0 Å². The van der Waals surface area contributed by atoms with Gasteiger partial charge in [-0.2, -0.15) is 0 Å². The van der Waals surface area contributed by atoms with Crippen LogP contribution in [0.5, 0.6) is 0 Å². The summed E-state index contributed by atoms with van der Waals surface area (Å²) in [7, 11) is 0. The molecule has 8 atom stereocenters. The third kappa shape index (κ3) is 4.58. The van der Waals surface area contributed by atoms with Crippen LogP contribution in [0.2, 0.25) is 0 Å². The molecule has 0 saturated heterocycles. The molecule has 4 aliphatic rings. The van der Waals surface area contributed by atoms with Gasteiger partial charge < -0.3 is 15.1 Å². The summed E-state index contributed by atoms with van der Waals surface area (Å²) in [5, 5.41) is 19.1. The molecule has 0 heterocycles. The number of hydrogen-bond donors (Lipinski definition) is 2. The van der Waals surface area contributed by atoms with Crippen molar-refractivity contribution >= 4 is 6.09 Å². The Morgan fingerprint density at radius 3 is 2.53 bits per heavy atom. The molecule has 3 saturated carbocycles. The number of aliphatic hydroxyl groups is 1. The molecule has 0 bridgehead atoms. The van der Waals surface area contributed by atoms with Gasteiger partial charge in [-0.05, 0) is 97.7 Å². The molecule has 3 fully saturated rings. The zero-order valence-corrected chi connectivity index (χ0v) is 22.6. The van der Waals surface area contributed by atoms with Gasteiger partial charge in [0.05, 0.1) is 6.61 Å². The summed E-state index contributed by atoms with van der Waals surface area (Å²) < 4.78 is 0. The first kappa shape index (κ1) is 26.0. The highest BCUT2D eigenvalue weighted by atomic mass is 16.4. The predicted octanol–water partition coefficient (Wildman–Crippen LogP) is 7.37. The van der Waals surface area contributed by atoms with Crippen LogP contribution in [0, 0.1) is 46.3 Å². The second kappa shape index (κ2) is 10.1. The molecular weight excluding hydrogens is 422 g/mol. The number of rotatable bonds is 8. The molecule has 4 rings (SSSR count). The number of carboxylic acid groups (broad SMARTS) is 1. The lowest BCUT2D eigenvalue weighted by molar-refractivity contribution is -0.0543. The maximum atomic E-state index is 11.8. The van der Waals surface area contributed by atoms with E-state index in [1.807, 2.05) is 0 Å². The normalized spacial score (nSPS) is 40.2. The molecule has 0 aromatic rings. The maximum absolute atomic E-state index is 11.8. The van der Waals surface area contributed by atoms with E-state index < -0.39 is 6.09 Å². The van der Waals surface area contributed by atoms with E-state index in [0.29, 0.717) is 5.41 Å². The fourth-order valence-electron chi connectivity index (χ4n) is 9.47. The lowest BCUT2D eigenvalue weighted by Crippen LogP contribution is -2.52. The Bertz CT molecular complexity index is 762. The van der Waals surface area contributed by atoms with Crippen molar-refractivity contribution < 1.29 is 15.0 Å². The monoisotopic (exact) mass is 473 g/mol. The molecule has 34 heavy (non-hydrogen) atoms. The van der Waals surface area contributed by atoms with Crippen LogP contribution < -0.4 is 0 Å². The van der Waals surface area contributed by atoms with Crippen molar-refractivity contribution in [3.8, 4) is 0 Å². The van der Waals surface area contributed by atoms with E-state index in [0.717, 1.165) is 54.8 Å². The highest BCUT2D eigenvalue weighted by Gasteiger charge is 2.59. The summed E-state index contributed by atoms with van der Waals surface area (Å²) in [5.74, 6) is 4.99. The number of nitrogens with zero attached hydrogens (tertiary/aromatic N) is 1. The zero-order valence-electron chi connectivity index (χ0n) is 22.6. The third-order valence-electron chi connectivity index (χ3n) is 11.3. The molecular formula is C30H51NO3. The van der Waals surface area contributed by atoms with Crippen LogP contribution in [-0.4, -0.2) is 40.4 Å². The van der Waals surface area contributed by atoms with Crippen LogP contribution in [-0.2, 0) is 0 Å². The summed E-state index contributed by atoms with van der Waals surface area (Å²) in [6, 6.07) is 0.0249. The van der Waals surface area contributed by atoms with Gasteiger partial charge in [-0.25, -0.2) is 4.79 Å². The van der Waals surface area contributed by atoms with E-state index in [9.17, 15) is 15.0 Å². The SMILES string of the molecule is CC(C)CCC[C@@H](C)[C@H]1CCC2C3CC=C4C[C@@H](N(CCO)C(=O)O)CC[C@]4(C)C3CC[C@@]21C. The van der Waals surface area contributed by atoms with Crippen molar-refractivity contribution in [1.29, 1.82) is 0 Å². The van der Waals surface area contributed by atoms with E-state index in [2.05, 4.69) is 40.7 Å². The molecule has 0 spiro atoms. The topological polar surface area (TPSA) is 60.8 Å². The van der Waals surface area contributed by atoms with Crippen LogP contribution in [0.1, 0.15) is 105 Å². The van der Waals surface area contributed by atoms with Crippen LogP contribution in [0.15, 0.2) is 11.6 Å². The standard InChI is InChI=1S/C30H51NO3/c1-20(2)7-6-8-21(3)25-11-12-26-24-10-9-22-19-23(31(17-18-32)28(33)34)13-15-29(22,4)27(24)14-16-30(25,26)5/h9,20-21,23-27,32H,6-8,10-19H2,1-5H3,(H,33,34)/t21-,23+,24?,25-,26?,27?,29+,30-/m1/s1. The van der Waals surface area contributed by atoms with Gasteiger partial charge in [0.1, 0.15) is 0 Å². The first-order chi connectivity index (χ1) is 16.1. The minimum absolute atomic E-state index is 0.0249. The second-order valence-electron chi connectivity index (χ2n) is 13.4. The quantitative estimate of drug-likeness (QED) is 0.362. The van der Waals surface area contributed by atoms with Crippen molar-refractivity contribution in [2.75, 3.05) is 13.2 Å². The molecule has 2 N–H and O–H groups in total. The molecule has 4 nitrogen and oxygen atoms in total. The average molecular weight is 474 g/mol. The Labute approximate surface area is 208 Å². The van der Waals surface area contributed by atoms with Crippen LogP contribution in [0.25, 0.3) is 0 Å². The fourth-order valence-corrected chi connectivity index (χ4v) is 9.47. The van der Waals surface area contributed by atoms with Crippen molar-refractivity contribution in [3.05, 3.63) is 11.6 Å². The molecule has 1 amide bonds. The Hall–Kier alpha value is -1.03. The number of amides is 1. The van der Waals surface area contributed by atoms with Gasteiger partial charge in [0, 0.05) is 12.6 Å². The number of hydrogen-bond acceptors (Lipinski definition) is 2. The van der Waals surface area contributed by atoms with E-state index >= 15 is 0 Å². The number of fused-ring (bicyclic) bond motifs is 5. The van der Waals surface area contributed by atoms with Gasteiger partial charge in [-0.3, -0.25) is 0 Å². The van der Waals surface area contributed by atoms with Gasteiger partial charge in [-0.1, -0.05) is 65.5 Å². The third-order valence-corrected chi connectivity index (χ3v) is 11.3. The Balaban J connectivity index is 1.47. The Morgan fingerprint density at radius 1 is 1.09 bits per heavy atom. The average Bonchev–Trinajstić information content (AvgIpc) is 3.14. The zero-order chi connectivity index (χ0) is 24.7. The summed E-state index contributed by atoms with van der Waals surface area (Å²) in [4.78, 5) is 13.3. The van der Waals surface area contributed by atoms with Crippen molar-refractivity contribution in [3.63, 3.8) is 0 Å². The van der Waals surface area contributed by atoms with Crippen molar-refractivity contribution in [2.24, 2.45) is 46.3 Å². The molecule has 4 aliphatic carbocycles. The van der Waals surface area contributed by atoms with Crippen LogP contribution >= 0.6 is 0 Å². The lowest BCUT2D eigenvalue weighted by Gasteiger charge is -2.59. The maximum Gasteiger partial charge on any atom is 0.407 e. The second-order valence-corrected chi connectivity index (χ2v) is 13.4. The highest BCUT2D eigenvalue weighted by molar-refractivity contribution is 5.65. The Morgan fingerprint density at radius 2 is 1.85 bits per heavy atom. The van der Waals surface area contributed by atoms with Crippen molar-refractivity contribution in [2.45, 2.75) is 111 Å². The first-order valence-electron chi connectivity index (χ1n) is 14.4. The van der Waals surface area contributed by atoms with E-state index in [-0.39, 0.29) is 24.6 Å². The number of carbonyl (C=O) groups is 1. The molecule has 0 aliphatic heterocycles. The summed E-state index contributed by atoms with van der Waals surface area (Å²) in [6.45, 7) is 12.5. The summed E-state index contributed by atoms with van der Waals surface area (Å²) in [5.41, 5.74) is 2.28. The molecule has 0 aromatic heterocycles. The van der Waals surface area contributed by atoms with Crippen LogP contribution in [0.4, 0.5) is 4.79 Å². The van der Waals surface area contributed by atoms with Gasteiger partial charge in [0.15, 0.2) is 0 Å². The highest BCUT2D eigenvalue weighted by Crippen LogP contribution is 2.67. The predicted molar refractivity (Wildman–Crippen MR) is 139 cm³/mol. The van der Waals surface area contributed by atoms with E-state index in [4.69, 9.17) is 0 Å². The summed E-state index contributed by atoms with van der Waals surface area (Å²) >= 11 is 0. The largest absolute Gasteiger partial charge is 0.465 e. The molecule has 0 aromatic carbocycles. The minimum atomic E-state index is -0.884. The lowest BCUT2D eigenvalue weighted by atomic mass is 9.46. The van der Waals surface area contributed by atoms with Gasteiger partial charge in [0.25, 0.3) is 0 Å². The molecule has 194 valence electrons. The van der Waals surface area contributed by atoms with Gasteiger partial charge >= 0.3 is 6.09 Å². The summed E-state index contributed by atoms with van der Waals surface area (Å²) in [6.07, 6.45) is 15.5. The molecule has 3 unspecified atom stereocenters. The molecule has 4 heteroatoms. The van der Waals surface area contributed by atoms with Gasteiger partial charge in [-0.15, -0.1) is 0 Å². The Kier molecular flexibility index (Phi) is 7.77.